The Kier molecular flexibility index (Phi) is 4.72. The number of amides is 1. The van der Waals surface area contributed by atoms with Gasteiger partial charge in [0.1, 0.15) is 0 Å². The van der Waals surface area contributed by atoms with Crippen molar-refractivity contribution in [2.75, 3.05) is 20.6 Å². The number of hydrogen-bond donors (Lipinski definition) is 1. The van der Waals surface area contributed by atoms with Crippen LogP contribution >= 0.6 is 0 Å². The van der Waals surface area contributed by atoms with Crippen LogP contribution in [0.15, 0.2) is 24.3 Å². The highest BCUT2D eigenvalue weighted by Gasteiger charge is 2.32. The molecule has 0 aromatic heterocycles. The summed E-state index contributed by atoms with van der Waals surface area (Å²) in [5.74, 6) is -0.308. The molecule has 0 radical (unpaired) electrons. The SMILES string of the molecule is CN(C)CC(=O)NCc1ccccc1C(F)(F)F. The Balaban J connectivity index is 2.71. The van der Waals surface area contributed by atoms with Crippen molar-refractivity contribution in [3.05, 3.63) is 35.4 Å². The smallest absolute Gasteiger partial charge is 0.351 e. The van der Waals surface area contributed by atoms with Gasteiger partial charge in [0.05, 0.1) is 12.1 Å². The quantitative estimate of drug-likeness (QED) is 0.896. The highest BCUT2D eigenvalue weighted by molar-refractivity contribution is 5.77. The summed E-state index contributed by atoms with van der Waals surface area (Å²) in [4.78, 5) is 13.0. The topological polar surface area (TPSA) is 32.3 Å². The highest BCUT2D eigenvalue weighted by atomic mass is 19.4. The second-order valence-corrected chi connectivity index (χ2v) is 4.17. The number of carbonyl (C=O) groups is 1. The lowest BCUT2D eigenvalue weighted by Crippen LogP contribution is -2.33. The molecule has 0 atom stereocenters. The number of nitrogens with zero attached hydrogens (tertiary/aromatic N) is 1. The number of nitrogens with one attached hydrogen (secondary N) is 1. The van der Waals surface area contributed by atoms with Gasteiger partial charge in [-0.2, -0.15) is 13.2 Å². The Morgan fingerprint density at radius 1 is 1.28 bits per heavy atom. The van der Waals surface area contributed by atoms with Crippen LogP contribution in [-0.2, 0) is 17.5 Å². The van der Waals surface area contributed by atoms with Crippen molar-refractivity contribution < 1.29 is 18.0 Å². The molecule has 1 aromatic carbocycles. The summed E-state index contributed by atoms with van der Waals surface area (Å²) in [6.45, 7) is 0.0243. The second-order valence-electron chi connectivity index (χ2n) is 4.17. The van der Waals surface area contributed by atoms with E-state index in [-0.39, 0.29) is 24.6 Å². The number of halogens is 3. The number of alkyl halides is 3. The molecular formula is C12H15F3N2O. The molecule has 0 spiro atoms. The van der Waals surface area contributed by atoms with Crippen LogP contribution in [0.4, 0.5) is 13.2 Å². The molecule has 0 bridgehead atoms. The Bertz CT molecular complexity index is 416. The number of hydrogen-bond acceptors (Lipinski definition) is 2. The molecule has 0 heterocycles. The number of benzene rings is 1. The Hall–Kier alpha value is -1.56. The van der Waals surface area contributed by atoms with Crippen molar-refractivity contribution in [1.82, 2.24) is 10.2 Å². The molecule has 3 nitrogen and oxygen atoms in total. The van der Waals surface area contributed by atoms with Gasteiger partial charge in [0.25, 0.3) is 0 Å². The van der Waals surface area contributed by atoms with Crippen LogP contribution in [0.5, 0.6) is 0 Å². The summed E-state index contributed by atoms with van der Waals surface area (Å²) in [6, 6.07) is 5.21. The molecule has 1 N–H and O–H groups in total. The van der Waals surface area contributed by atoms with E-state index in [1.807, 2.05) is 0 Å². The minimum Gasteiger partial charge on any atom is -0.351 e. The van der Waals surface area contributed by atoms with E-state index in [0.29, 0.717) is 0 Å². The molecule has 0 saturated heterocycles. The van der Waals surface area contributed by atoms with Gasteiger partial charge in [-0.3, -0.25) is 4.79 Å². The van der Waals surface area contributed by atoms with Crippen LogP contribution in [0.2, 0.25) is 0 Å². The van der Waals surface area contributed by atoms with E-state index in [1.54, 1.807) is 19.0 Å². The first-order valence-corrected chi connectivity index (χ1v) is 5.37. The third kappa shape index (κ3) is 4.37. The monoisotopic (exact) mass is 260 g/mol. The fourth-order valence-corrected chi connectivity index (χ4v) is 1.49. The maximum Gasteiger partial charge on any atom is 0.416 e. The normalized spacial score (nSPS) is 11.7. The summed E-state index contributed by atoms with van der Waals surface area (Å²) < 4.78 is 38.0. The van der Waals surface area contributed by atoms with E-state index in [1.165, 1.54) is 18.2 Å². The Labute approximate surface area is 104 Å². The molecular weight excluding hydrogens is 245 g/mol. The average Bonchev–Trinajstić information content (AvgIpc) is 2.24. The maximum absolute atomic E-state index is 12.7. The first-order valence-electron chi connectivity index (χ1n) is 5.37. The lowest BCUT2D eigenvalue weighted by Gasteiger charge is -2.14. The van der Waals surface area contributed by atoms with Crippen molar-refractivity contribution in [3.8, 4) is 0 Å². The van der Waals surface area contributed by atoms with Crippen LogP contribution in [-0.4, -0.2) is 31.4 Å². The van der Waals surface area contributed by atoms with Crippen LogP contribution in [0, 0.1) is 0 Å². The van der Waals surface area contributed by atoms with Crippen molar-refractivity contribution >= 4 is 5.91 Å². The minimum absolute atomic E-state index is 0.0668. The summed E-state index contributed by atoms with van der Waals surface area (Å²) in [7, 11) is 3.42. The number of carbonyl (C=O) groups excluding carboxylic acids is 1. The Morgan fingerprint density at radius 3 is 2.44 bits per heavy atom. The van der Waals surface area contributed by atoms with Crippen molar-refractivity contribution in [3.63, 3.8) is 0 Å². The van der Waals surface area contributed by atoms with E-state index >= 15 is 0 Å². The van der Waals surface area contributed by atoms with Crippen LogP contribution in [0.25, 0.3) is 0 Å². The summed E-state index contributed by atoms with van der Waals surface area (Å²) in [5, 5.41) is 2.46. The lowest BCUT2D eigenvalue weighted by atomic mass is 10.1. The van der Waals surface area contributed by atoms with Crippen molar-refractivity contribution in [2.45, 2.75) is 12.7 Å². The van der Waals surface area contributed by atoms with Crippen molar-refractivity contribution in [1.29, 1.82) is 0 Å². The molecule has 0 saturated carbocycles. The molecule has 0 aliphatic rings. The molecule has 100 valence electrons. The summed E-state index contributed by atoms with van der Waals surface area (Å²) in [6.07, 6.45) is -4.40. The van der Waals surface area contributed by atoms with Gasteiger partial charge in [-0.15, -0.1) is 0 Å². The molecule has 18 heavy (non-hydrogen) atoms. The predicted molar refractivity (Wildman–Crippen MR) is 61.8 cm³/mol. The average molecular weight is 260 g/mol. The Morgan fingerprint density at radius 2 is 1.89 bits per heavy atom. The fourth-order valence-electron chi connectivity index (χ4n) is 1.49. The zero-order chi connectivity index (χ0) is 13.8. The number of rotatable bonds is 4. The molecule has 6 heteroatoms. The third-order valence-electron chi connectivity index (χ3n) is 2.26. The minimum atomic E-state index is -4.40. The number of likely N-dealkylation sites (N-methyl/N-ethyl adjacent to an activating group) is 1. The first-order chi connectivity index (χ1) is 8.30. The van der Waals surface area contributed by atoms with Gasteiger partial charge in [-0.25, -0.2) is 0 Å². The fraction of sp³-hybridized carbons (Fsp3) is 0.417. The van der Waals surface area contributed by atoms with Gasteiger partial charge >= 0.3 is 6.18 Å². The highest BCUT2D eigenvalue weighted by Crippen LogP contribution is 2.31. The van der Waals surface area contributed by atoms with Crippen LogP contribution in [0.3, 0.4) is 0 Å². The standard InChI is InChI=1S/C12H15F3N2O/c1-17(2)8-11(18)16-7-9-5-3-4-6-10(9)12(13,14)15/h3-6H,7-8H2,1-2H3,(H,16,18). The molecule has 1 aromatic rings. The van der Waals surface area contributed by atoms with E-state index in [0.717, 1.165) is 6.07 Å². The van der Waals surface area contributed by atoms with Crippen molar-refractivity contribution in [2.24, 2.45) is 0 Å². The third-order valence-corrected chi connectivity index (χ3v) is 2.26. The largest absolute Gasteiger partial charge is 0.416 e. The summed E-state index contributed by atoms with van der Waals surface area (Å²) in [5.41, 5.74) is -0.646. The van der Waals surface area contributed by atoms with Gasteiger partial charge in [0.15, 0.2) is 0 Å². The van der Waals surface area contributed by atoms with Gasteiger partial charge in [-0.1, -0.05) is 18.2 Å². The second kappa shape index (κ2) is 5.86. The predicted octanol–water partition coefficient (Wildman–Crippen LogP) is 1.88. The van der Waals surface area contributed by atoms with Gasteiger partial charge in [0, 0.05) is 6.54 Å². The van der Waals surface area contributed by atoms with Gasteiger partial charge < -0.3 is 10.2 Å². The molecule has 0 aliphatic carbocycles. The van der Waals surface area contributed by atoms with E-state index in [4.69, 9.17) is 0 Å². The zero-order valence-corrected chi connectivity index (χ0v) is 10.2. The van der Waals surface area contributed by atoms with Crippen LogP contribution in [0.1, 0.15) is 11.1 Å². The molecule has 1 amide bonds. The van der Waals surface area contributed by atoms with E-state index in [9.17, 15) is 18.0 Å². The molecule has 0 unspecified atom stereocenters. The van der Waals surface area contributed by atoms with E-state index < -0.39 is 11.7 Å². The first kappa shape index (κ1) is 14.5. The maximum atomic E-state index is 12.7. The summed E-state index contributed by atoms with van der Waals surface area (Å²) >= 11 is 0. The zero-order valence-electron chi connectivity index (χ0n) is 10.2. The van der Waals surface area contributed by atoms with Gasteiger partial charge in [-0.05, 0) is 25.7 Å². The molecule has 1 rings (SSSR count). The lowest BCUT2D eigenvalue weighted by molar-refractivity contribution is -0.138. The molecule has 0 aliphatic heterocycles. The molecule has 0 fully saturated rings. The van der Waals surface area contributed by atoms with Gasteiger partial charge in [0.2, 0.25) is 5.91 Å². The van der Waals surface area contributed by atoms with Crippen LogP contribution < -0.4 is 5.32 Å². The van der Waals surface area contributed by atoms with E-state index in [2.05, 4.69) is 5.32 Å².